The quantitative estimate of drug-likeness (QED) is 0.674. The van der Waals surface area contributed by atoms with Crippen molar-refractivity contribution in [3.63, 3.8) is 0 Å². The number of aliphatic hydroxyl groups is 1. The zero-order valence-electron chi connectivity index (χ0n) is 9.50. The summed E-state index contributed by atoms with van der Waals surface area (Å²) >= 11 is 0. The molecule has 0 aromatic carbocycles. The summed E-state index contributed by atoms with van der Waals surface area (Å²) in [7, 11) is 0. The molecule has 2 rings (SSSR count). The van der Waals surface area contributed by atoms with E-state index in [1.165, 1.54) is 24.8 Å². The van der Waals surface area contributed by atoms with E-state index in [-0.39, 0.29) is 0 Å². The van der Waals surface area contributed by atoms with Gasteiger partial charge in [0.1, 0.15) is 0 Å². The van der Waals surface area contributed by atoms with Gasteiger partial charge in [0.25, 0.3) is 0 Å². The summed E-state index contributed by atoms with van der Waals surface area (Å²) in [6.45, 7) is 1.53. The Hall–Kier alpha value is -0.340. The second-order valence-corrected chi connectivity index (χ2v) is 4.83. The van der Waals surface area contributed by atoms with Crippen LogP contribution in [0.5, 0.6) is 0 Å². The Morgan fingerprint density at radius 2 is 2.00 bits per heavy atom. The van der Waals surface area contributed by atoms with Crippen LogP contribution in [0.15, 0.2) is 11.6 Å². The van der Waals surface area contributed by atoms with Crippen molar-refractivity contribution in [1.29, 1.82) is 0 Å². The van der Waals surface area contributed by atoms with Crippen LogP contribution in [0.3, 0.4) is 0 Å². The molecule has 1 aliphatic heterocycles. The molecular formula is C13H22O2. The summed E-state index contributed by atoms with van der Waals surface area (Å²) in [6.07, 6.45) is 11.1. The van der Waals surface area contributed by atoms with Gasteiger partial charge in [0.2, 0.25) is 0 Å². The van der Waals surface area contributed by atoms with E-state index in [2.05, 4.69) is 6.08 Å². The minimum atomic E-state index is -0.541. The fourth-order valence-electron chi connectivity index (χ4n) is 2.69. The van der Waals surface area contributed by atoms with E-state index in [1.54, 1.807) is 0 Å². The molecule has 0 saturated carbocycles. The Morgan fingerprint density at radius 3 is 2.93 bits per heavy atom. The molecular weight excluding hydrogens is 188 g/mol. The highest BCUT2D eigenvalue weighted by Gasteiger charge is 2.32. The molecule has 1 saturated heterocycles. The molecule has 0 bridgehead atoms. The maximum atomic E-state index is 10.7. The van der Waals surface area contributed by atoms with Crippen molar-refractivity contribution in [1.82, 2.24) is 0 Å². The Labute approximate surface area is 92.3 Å². The SMILES string of the molecule is OC1(C2=CCCCCC2)CCCOCC1. The largest absolute Gasteiger partial charge is 0.385 e. The predicted molar refractivity (Wildman–Crippen MR) is 60.8 cm³/mol. The lowest BCUT2D eigenvalue weighted by Gasteiger charge is -2.29. The van der Waals surface area contributed by atoms with Crippen LogP contribution in [0, 0.1) is 0 Å². The molecule has 0 aromatic heterocycles. The first-order chi connectivity index (χ1) is 7.31. The van der Waals surface area contributed by atoms with Crippen molar-refractivity contribution in [2.45, 2.75) is 57.0 Å². The molecule has 1 aliphatic carbocycles. The van der Waals surface area contributed by atoms with E-state index < -0.39 is 5.60 Å². The average Bonchev–Trinajstić information content (AvgIpc) is 2.60. The third kappa shape index (κ3) is 2.82. The summed E-state index contributed by atoms with van der Waals surface area (Å²) in [5, 5.41) is 10.7. The number of rotatable bonds is 1. The average molecular weight is 210 g/mol. The maximum Gasteiger partial charge on any atom is 0.0879 e. The lowest BCUT2D eigenvalue weighted by atomic mass is 9.84. The van der Waals surface area contributed by atoms with Crippen molar-refractivity contribution in [2.24, 2.45) is 0 Å². The Kier molecular flexibility index (Phi) is 3.81. The normalized spacial score (nSPS) is 34.1. The molecule has 1 N–H and O–H groups in total. The van der Waals surface area contributed by atoms with E-state index in [4.69, 9.17) is 4.74 Å². The molecule has 1 atom stereocenters. The number of hydrogen-bond acceptors (Lipinski definition) is 2. The van der Waals surface area contributed by atoms with E-state index >= 15 is 0 Å². The van der Waals surface area contributed by atoms with Crippen LogP contribution in [0.4, 0.5) is 0 Å². The van der Waals surface area contributed by atoms with Crippen LogP contribution >= 0.6 is 0 Å². The predicted octanol–water partition coefficient (Wildman–Crippen LogP) is 2.81. The number of allylic oxidation sites excluding steroid dienone is 1. The molecule has 2 aliphatic rings. The smallest absolute Gasteiger partial charge is 0.0879 e. The summed E-state index contributed by atoms with van der Waals surface area (Å²) in [6, 6.07) is 0. The van der Waals surface area contributed by atoms with Crippen LogP contribution < -0.4 is 0 Å². The first kappa shape index (κ1) is 11.2. The Balaban J connectivity index is 2.07. The Morgan fingerprint density at radius 1 is 1.07 bits per heavy atom. The summed E-state index contributed by atoms with van der Waals surface area (Å²) in [5.74, 6) is 0. The zero-order valence-corrected chi connectivity index (χ0v) is 9.50. The molecule has 1 unspecified atom stereocenters. The highest BCUT2D eigenvalue weighted by Crippen LogP contribution is 2.34. The molecule has 0 spiro atoms. The van der Waals surface area contributed by atoms with Crippen molar-refractivity contribution in [2.75, 3.05) is 13.2 Å². The molecule has 1 heterocycles. The van der Waals surface area contributed by atoms with Crippen molar-refractivity contribution in [3.05, 3.63) is 11.6 Å². The van der Waals surface area contributed by atoms with Gasteiger partial charge in [-0.05, 0) is 44.1 Å². The van der Waals surface area contributed by atoms with Crippen molar-refractivity contribution < 1.29 is 9.84 Å². The van der Waals surface area contributed by atoms with E-state index in [1.807, 2.05) is 0 Å². The second kappa shape index (κ2) is 5.13. The standard InChI is InChI=1S/C13H22O2/c14-13(8-5-10-15-11-9-13)12-6-3-1-2-4-7-12/h6,14H,1-5,7-11H2. The van der Waals surface area contributed by atoms with Gasteiger partial charge in [-0.1, -0.05) is 12.5 Å². The third-order valence-corrected chi connectivity index (χ3v) is 3.68. The molecule has 2 nitrogen and oxygen atoms in total. The van der Waals surface area contributed by atoms with E-state index in [0.717, 1.165) is 38.7 Å². The monoisotopic (exact) mass is 210 g/mol. The molecule has 0 radical (unpaired) electrons. The van der Waals surface area contributed by atoms with E-state index in [9.17, 15) is 5.11 Å². The first-order valence-electron chi connectivity index (χ1n) is 6.31. The molecule has 86 valence electrons. The molecule has 15 heavy (non-hydrogen) atoms. The number of ether oxygens (including phenoxy) is 1. The summed E-state index contributed by atoms with van der Waals surface area (Å²) in [5.41, 5.74) is 0.756. The van der Waals surface area contributed by atoms with Crippen LogP contribution in [0.1, 0.15) is 51.4 Å². The van der Waals surface area contributed by atoms with Gasteiger partial charge in [0, 0.05) is 19.6 Å². The highest BCUT2D eigenvalue weighted by atomic mass is 16.5. The highest BCUT2D eigenvalue weighted by molar-refractivity contribution is 5.18. The minimum absolute atomic E-state index is 0.541. The van der Waals surface area contributed by atoms with Gasteiger partial charge >= 0.3 is 0 Å². The van der Waals surface area contributed by atoms with Gasteiger partial charge in [0.05, 0.1) is 5.60 Å². The lowest BCUT2D eigenvalue weighted by molar-refractivity contribution is 0.0490. The zero-order chi connectivity index (χ0) is 10.6. The van der Waals surface area contributed by atoms with Gasteiger partial charge in [-0.15, -0.1) is 0 Å². The van der Waals surface area contributed by atoms with Gasteiger partial charge in [0.15, 0.2) is 0 Å². The van der Waals surface area contributed by atoms with E-state index in [0.29, 0.717) is 6.61 Å². The molecule has 0 aromatic rings. The fraction of sp³-hybridized carbons (Fsp3) is 0.846. The van der Waals surface area contributed by atoms with Crippen LogP contribution in [-0.2, 0) is 4.74 Å². The van der Waals surface area contributed by atoms with Crippen LogP contribution in [0.2, 0.25) is 0 Å². The van der Waals surface area contributed by atoms with Gasteiger partial charge in [-0.25, -0.2) is 0 Å². The lowest BCUT2D eigenvalue weighted by Crippen LogP contribution is -2.31. The van der Waals surface area contributed by atoms with Crippen LogP contribution in [-0.4, -0.2) is 23.9 Å². The maximum absolute atomic E-state index is 10.7. The van der Waals surface area contributed by atoms with Gasteiger partial charge in [-0.2, -0.15) is 0 Å². The summed E-state index contributed by atoms with van der Waals surface area (Å²) in [4.78, 5) is 0. The topological polar surface area (TPSA) is 29.5 Å². The first-order valence-corrected chi connectivity index (χ1v) is 6.31. The Bertz CT molecular complexity index is 225. The van der Waals surface area contributed by atoms with Crippen molar-refractivity contribution >= 4 is 0 Å². The minimum Gasteiger partial charge on any atom is -0.385 e. The van der Waals surface area contributed by atoms with Crippen LogP contribution in [0.25, 0.3) is 0 Å². The summed E-state index contributed by atoms with van der Waals surface area (Å²) < 4.78 is 5.42. The molecule has 0 amide bonds. The van der Waals surface area contributed by atoms with Gasteiger partial charge in [-0.3, -0.25) is 0 Å². The third-order valence-electron chi connectivity index (χ3n) is 3.68. The van der Waals surface area contributed by atoms with Crippen molar-refractivity contribution in [3.8, 4) is 0 Å². The van der Waals surface area contributed by atoms with Gasteiger partial charge < -0.3 is 9.84 Å². The fourth-order valence-corrected chi connectivity index (χ4v) is 2.69. The second-order valence-electron chi connectivity index (χ2n) is 4.83. The molecule has 1 fully saturated rings. The number of hydrogen-bond donors (Lipinski definition) is 1. The molecule has 2 heteroatoms.